The maximum absolute atomic E-state index is 10.8. The van der Waals surface area contributed by atoms with Crippen LogP contribution in [0.25, 0.3) is 0 Å². The van der Waals surface area contributed by atoms with Crippen molar-refractivity contribution >= 4 is 5.97 Å². The molecule has 5 heteroatoms. The lowest BCUT2D eigenvalue weighted by Crippen LogP contribution is -2.19. The van der Waals surface area contributed by atoms with E-state index in [0.717, 1.165) is 42.0 Å². The van der Waals surface area contributed by atoms with Gasteiger partial charge in [-0.15, -0.1) is 0 Å². The minimum Gasteiger partial charge on any atom is -0.481 e. The van der Waals surface area contributed by atoms with E-state index >= 15 is 0 Å². The number of rotatable bonds is 3. The van der Waals surface area contributed by atoms with E-state index in [1.54, 1.807) is 0 Å². The van der Waals surface area contributed by atoms with Gasteiger partial charge in [-0.05, 0) is 33.1 Å². The van der Waals surface area contributed by atoms with Crippen LogP contribution in [0.15, 0.2) is 0 Å². The molecule has 0 spiro atoms. The van der Waals surface area contributed by atoms with E-state index in [1.165, 1.54) is 0 Å². The molecule has 102 valence electrons. The summed E-state index contributed by atoms with van der Waals surface area (Å²) in [5, 5.41) is 8.91. The molecule has 1 aromatic heterocycles. The van der Waals surface area contributed by atoms with Crippen molar-refractivity contribution in [1.82, 2.24) is 9.97 Å². The van der Waals surface area contributed by atoms with Crippen LogP contribution in [0, 0.1) is 13.8 Å². The fraction of sp³-hybridized carbons (Fsp3) is 0.643. The molecule has 3 atom stereocenters. The Labute approximate surface area is 112 Å². The highest BCUT2D eigenvalue weighted by Crippen LogP contribution is 2.43. The summed E-state index contributed by atoms with van der Waals surface area (Å²) in [5.74, 6) is 0.275. The van der Waals surface area contributed by atoms with E-state index < -0.39 is 5.97 Å². The number of aliphatic carboxylic acids is 1. The quantitative estimate of drug-likeness (QED) is 0.898. The van der Waals surface area contributed by atoms with Crippen molar-refractivity contribution in [2.24, 2.45) is 0 Å². The summed E-state index contributed by atoms with van der Waals surface area (Å²) in [6, 6.07) is 0. The summed E-state index contributed by atoms with van der Waals surface area (Å²) >= 11 is 0. The van der Waals surface area contributed by atoms with Crippen molar-refractivity contribution in [3.63, 3.8) is 0 Å². The maximum Gasteiger partial charge on any atom is 0.307 e. The zero-order valence-corrected chi connectivity index (χ0v) is 11.2. The monoisotopic (exact) mass is 262 g/mol. The van der Waals surface area contributed by atoms with Crippen LogP contribution in [0.3, 0.4) is 0 Å². The summed E-state index contributed by atoms with van der Waals surface area (Å²) < 4.78 is 5.84. The van der Waals surface area contributed by atoms with Crippen LogP contribution in [-0.2, 0) is 16.0 Å². The third-order valence-electron chi connectivity index (χ3n) is 4.20. The van der Waals surface area contributed by atoms with E-state index in [-0.39, 0.29) is 18.4 Å². The van der Waals surface area contributed by atoms with Gasteiger partial charge < -0.3 is 9.84 Å². The van der Waals surface area contributed by atoms with Gasteiger partial charge in [0, 0.05) is 22.9 Å². The summed E-state index contributed by atoms with van der Waals surface area (Å²) in [6.07, 6.45) is 3.86. The van der Waals surface area contributed by atoms with Crippen LogP contribution in [0.2, 0.25) is 0 Å². The highest BCUT2D eigenvalue weighted by Gasteiger charge is 2.43. The lowest BCUT2D eigenvalue weighted by molar-refractivity contribution is -0.136. The van der Waals surface area contributed by atoms with Gasteiger partial charge in [0.25, 0.3) is 0 Å². The van der Waals surface area contributed by atoms with Crippen LogP contribution in [-0.4, -0.2) is 33.3 Å². The Morgan fingerprint density at radius 2 is 2.00 bits per heavy atom. The second-order valence-electron chi connectivity index (χ2n) is 5.52. The zero-order chi connectivity index (χ0) is 13.6. The van der Waals surface area contributed by atoms with Crippen LogP contribution in [0.5, 0.6) is 0 Å². The first kappa shape index (κ1) is 12.5. The van der Waals surface area contributed by atoms with Gasteiger partial charge >= 0.3 is 5.97 Å². The standard InChI is InChI=1S/C14H18N2O3/c1-7-10(6-13(17)18)8(2)16-14(15-7)11-5-9-3-4-12(11)19-9/h9,11-12H,3-6H2,1-2H3,(H,17,18). The SMILES string of the molecule is Cc1nc(C2CC3CCC2O3)nc(C)c1CC(=O)O. The lowest BCUT2D eigenvalue weighted by atomic mass is 9.88. The van der Waals surface area contributed by atoms with Gasteiger partial charge in [0.2, 0.25) is 0 Å². The molecule has 0 saturated carbocycles. The Hall–Kier alpha value is -1.49. The van der Waals surface area contributed by atoms with Gasteiger partial charge in [-0.25, -0.2) is 9.97 Å². The largest absolute Gasteiger partial charge is 0.481 e. The van der Waals surface area contributed by atoms with Crippen molar-refractivity contribution in [2.45, 2.75) is 57.7 Å². The van der Waals surface area contributed by atoms with Crippen molar-refractivity contribution in [2.75, 3.05) is 0 Å². The first-order chi connectivity index (χ1) is 9.04. The van der Waals surface area contributed by atoms with Crippen molar-refractivity contribution in [3.05, 3.63) is 22.8 Å². The van der Waals surface area contributed by atoms with Gasteiger partial charge in [-0.2, -0.15) is 0 Å². The van der Waals surface area contributed by atoms with Crippen molar-refractivity contribution in [1.29, 1.82) is 0 Å². The molecule has 0 aliphatic carbocycles. The molecular weight excluding hydrogens is 244 g/mol. The maximum atomic E-state index is 10.8. The number of carbonyl (C=O) groups is 1. The number of aromatic nitrogens is 2. The number of aryl methyl sites for hydroxylation is 2. The van der Waals surface area contributed by atoms with E-state index in [9.17, 15) is 4.79 Å². The van der Waals surface area contributed by atoms with Gasteiger partial charge in [0.15, 0.2) is 0 Å². The van der Waals surface area contributed by atoms with Gasteiger partial charge in [-0.1, -0.05) is 0 Å². The molecule has 19 heavy (non-hydrogen) atoms. The fourth-order valence-electron chi connectivity index (χ4n) is 3.25. The molecule has 3 rings (SSSR count). The number of fused-ring (bicyclic) bond motifs is 2. The average molecular weight is 262 g/mol. The molecule has 2 saturated heterocycles. The molecule has 0 amide bonds. The molecule has 5 nitrogen and oxygen atoms in total. The van der Waals surface area contributed by atoms with Gasteiger partial charge in [-0.3, -0.25) is 4.79 Å². The molecule has 0 aromatic carbocycles. The molecule has 3 heterocycles. The number of carboxylic acids is 1. The van der Waals surface area contributed by atoms with Crippen LogP contribution < -0.4 is 0 Å². The molecule has 2 aliphatic heterocycles. The fourth-order valence-corrected chi connectivity index (χ4v) is 3.25. The summed E-state index contributed by atoms with van der Waals surface area (Å²) in [4.78, 5) is 19.9. The van der Waals surface area contributed by atoms with E-state index in [1.807, 2.05) is 13.8 Å². The second kappa shape index (κ2) is 4.56. The smallest absolute Gasteiger partial charge is 0.307 e. The third kappa shape index (κ3) is 2.23. The number of ether oxygens (including phenoxy) is 1. The van der Waals surface area contributed by atoms with E-state index in [0.29, 0.717) is 6.10 Å². The lowest BCUT2D eigenvalue weighted by Gasteiger charge is -2.19. The summed E-state index contributed by atoms with van der Waals surface area (Å²) in [7, 11) is 0. The summed E-state index contributed by atoms with van der Waals surface area (Å²) in [6.45, 7) is 3.73. The predicted molar refractivity (Wildman–Crippen MR) is 68.1 cm³/mol. The van der Waals surface area contributed by atoms with Crippen LogP contribution >= 0.6 is 0 Å². The zero-order valence-electron chi connectivity index (χ0n) is 11.2. The predicted octanol–water partition coefficient (Wildman–Crippen LogP) is 1.76. The summed E-state index contributed by atoms with van der Waals surface area (Å²) in [5.41, 5.74) is 2.31. The number of nitrogens with zero attached hydrogens (tertiary/aromatic N) is 2. The minimum absolute atomic E-state index is 0.00876. The highest BCUT2D eigenvalue weighted by molar-refractivity contribution is 5.70. The molecular formula is C14H18N2O3. The Kier molecular flexibility index (Phi) is 3.01. The molecule has 2 bridgehead atoms. The van der Waals surface area contributed by atoms with Gasteiger partial charge in [0.05, 0.1) is 18.6 Å². The van der Waals surface area contributed by atoms with Crippen LogP contribution in [0.1, 0.15) is 48.0 Å². The Morgan fingerprint density at radius 1 is 1.32 bits per heavy atom. The van der Waals surface area contributed by atoms with Gasteiger partial charge in [0.1, 0.15) is 5.82 Å². The molecule has 1 aromatic rings. The number of hydrogen-bond donors (Lipinski definition) is 1. The Morgan fingerprint density at radius 3 is 2.47 bits per heavy atom. The highest BCUT2D eigenvalue weighted by atomic mass is 16.5. The van der Waals surface area contributed by atoms with E-state index in [4.69, 9.17) is 9.84 Å². The second-order valence-corrected chi connectivity index (χ2v) is 5.52. The number of hydrogen-bond acceptors (Lipinski definition) is 4. The molecule has 3 unspecified atom stereocenters. The average Bonchev–Trinajstić information content (AvgIpc) is 2.95. The van der Waals surface area contributed by atoms with Crippen molar-refractivity contribution < 1.29 is 14.6 Å². The number of carboxylic acid groups (broad SMARTS) is 1. The third-order valence-corrected chi connectivity index (χ3v) is 4.20. The molecule has 0 radical (unpaired) electrons. The molecule has 2 fully saturated rings. The first-order valence-electron chi connectivity index (χ1n) is 6.76. The Bertz CT molecular complexity index is 506. The molecule has 2 aliphatic rings. The minimum atomic E-state index is -0.842. The normalized spacial score (nSPS) is 28.8. The topological polar surface area (TPSA) is 72.3 Å². The first-order valence-corrected chi connectivity index (χ1v) is 6.76. The van der Waals surface area contributed by atoms with E-state index in [2.05, 4.69) is 9.97 Å². The Balaban J connectivity index is 1.90. The van der Waals surface area contributed by atoms with Crippen molar-refractivity contribution in [3.8, 4) is 0 Å². The van der Waals surface area contributed by atoms with Crippen LogP contribution in [0.4, 0.5) is 0 Å². The molecule has 1 N–H and O–H groups in total.